The van der Waals surface area contributed by atoms with Crippen molar-refractivity contribution in [1.82, 2.24) is 14.9 Å². The molecule has 0 aliphatic carbocycles. The number of ether oxygens (including phenoxy) is 2. The minimum atomic E-state index is -0.698. The number of rotatable bonds is 6. The van der Waals surface area contributed by atoms with Crippen molar-refractivity contribution in [1.29, 1.82) is 0 Å². The third-order valence-corrected chi connectivity index (χ3v) is 5.21. The second kappa shape index (κ2) is 8.78. The molecule has 12 nitrogen and oxygen atoms in total. The highest BCUT2D eigenvalue weighted by atomic mass is 19.1. The van der Waals surface area contributed by atoms with Crippen molar-refractivity contribution in [3.05, 3.63) is 46.2 Å². The number of hydrogen-bond donors (Lipinski definition) is 1. The number of benzene rings is 1. The van der Waals surface area contributed by atoms with E-state index in [1.807, 2.05) is 4.90 Å². The molecule has 4 rings (SSSR count). The van der Waals surface area contributed by atoms with E-state index in [-0.39, 0.29) is 18.9 Å². The van der Waals surface area contributed by atoms with Crippen LogP contribution in [0, 0.1) is 15.9 Å². The molecule has 0 radical (unpaired) electrons. The molecule has 2 aliphatic heterocycles. The Morgan fingerprint density at radius 3 is 2.78 bits per heavy atom. The van der Waals surface area contributed by atoms with Crippen LogP contribution in [0.1, 0.15) is 10.6 Å². The second-order valence-electron chi connectivity index (χ2n) is 7.35. The maximum Gasteiger partial charge on any atom is 0.414 e. The number of carbonyl (C=O) groups excluding carboxylic acids is 2. The van der Waals surface area contributed by atoms with Gasteiger partial charge < -0.3 is 34.4 Å². The zero-order chi connectivity index (χ0) is 22.8. The molecule has 1 aromatic carbocycles. The Hall–Kier alpha value is -3.74. The van der Waals surface area contributed by atoms with Crippen LogP contribution in [0.25, 0.3) is 0 Å². The number of cyclic esters (lactones) is 1. The van der Waals surface area contributed by atoms with Crippen molar-refractivity contribution in [3.63, 3.8) is 0 Å². The standard InChI is InChI=1S/C19H21FN6O6/c1-23-11-16(26(29)30)22-17(23)18(27)21-9-13-10-25(19(28)32-13)12-2-3-15(14(20)8-12)24-4-6-31-7-5-24/h2-3,8,11,13H,4-7,9-10H2,1H3,(H,21,27)/t13-/m0/s1. The van der Waals surface area contributed by atoms with Crippen LogP contribution in [0.3, 0.4) is 0 Å². The first-order valence-electron chi connectivity index (χ1n) is 9.90. The molecule has 2 amide bonds. The SMILES string of the molecule is Cn1cc([N+](=O)[O-])nc1C(=O)NC[C@H]1CN(c2ccc(N3CCOCC3)c(F)c2)C(=O)O1. The predicted molar refractivity (Wildman–Crippen MR) is 109 cm³/mol. The first kappa shape index (κ1) is 21.5. The summed E-state index contributed by atoms with van der Waals surface area (Å²) < 4.78 is 26.5. The summed E-state index contributed by atoms with van der Waals surface area (Å²) in [7, 11) is 1.46. The average molecular weight is 448 g/mol. The molecular formula is C19H21FN6O6. The minimum absolute atomic E-state index is 0.0317. The van der Waals surface area contributed by atoms with Gasteiger partial charge in [-0.1, -0.05) is 0 Å². The Kier molecular flexibility index (Phi) is 5.90. The first-order chi connectivity index (χ1) is 15.3. The maximum atomic E-state index is 14.7. The van der Waals surface area contributed by atoms with Crippen molar-refractivity contribution in [2.45, 2.75) is 6.10 Å². The van der Waals surface area contributed by atoms with E-state index < -0.39 is 34.7 Å². The molecule has 2 aromatic rings. The number of anilines is 2. The van der Waals surface area contributed by atoms with Gasteiger partial charge in [-0.25, -0.2) is 9.18 Å². The predicted octanol–water partition coefficient (Wildman–Crippen LogP) is 1.06. The highest BCUT2D eigenvalue weighted by molar-refractivity contribution is 5.92. The summed E-state index contributed by atoms with van der Waals surface area (Å²) in [6, 6.07) is 4.54. The number of morpholine rings is 1. The normalized spacial score (nSPS) is 18.6. The fourth-order valence-corrected chi connectivity index (χ4v) is 3.60. The monoisotopic (exact) mass is 448 g/mol. The number of aryl methyl sites for hydroxylation is 1. The van der Waals surface area contributed by atoms with Gasteiger partial charge in [-0.3, -0.25) is 9.69 Å². The number of carbonyl (C=O) groups is 2. The molecule has 0 bridgehead atoms. The number of amides is 2. The van der Waals surface area contributed by atoms with E-state index in [4.69, 9.17) is 9.47 Å². The molecule has 1 aromatic heterocycles. The van der Waals surface area contributed by atoms with Gasteiger partial charge in [0.1, 0.15) is 18.1 Å². The lowest BCUT2D eigenvalue weighted by Crippen LogP contribution is -2.37. The fraction of sp³-hybridized carbons (Fsp3) is 0.421. The third-order valence-electron chi connectivity index (χ3n) is 5.21. The Morgan fingerprint density at radius 1 is 1.38 bits per heavy atom. The number of hydrogen-bond acceptors (Lipinski definition) is 8. The second-order valence-corrected chi connectivity index (χ2v) is 7.35. The molecule has 0 saturated carbocycles. The summed E-state index contributed by atoms with van der Waals surface area (Å²) in [5, 5.41) is 13.3. The van der Waals surface area contributed by atoms with Gasteiger partial charge in [-0.05, 0) is 28.1 Å². The van der Waals surface area contributed by atoms with Crippen LogP contribution in [0.15, 0.2) is 24.4 Å². The van der Waals surface area contributed by atoms with Crippen LogP contribution in [-0.2, 0) is 16.5 Å². The van der Waals surface area contributed by atoms with E-state index >= 15 is 0 Å². The lowest BCUT2D eigenvalue weighted by molar-refractivity contribution is -0.389. The maximum absolute atomic E-state index is 14.7. The number of halogens is 1. The minimum Gasteiger partial charge on any atom is -0.442 e. The zero-order valence-corrected chi connectivity index (χ0v) is 17.2. The van der Waals surface area contributed by atoms with Gasteiger partial charge in [0, 0.05) is 20.1 Å². The van der Waals surface area contributed by atoms with Crippen LogP contribution >= 0.6 is 0 Å². The van der Waals surface area contributed by atoms with Crippen LogP contribution in [0.2, 0.25) is 0 Å². The lowest BCUT2D eigenvalue weighted by atomic mass is 10.2. The Bertz CT molecular complexity index is 1050. The molecule has 0 spiro atoms. The van der Waals surface area contributed by atoms with Gasteiger partial charge in [0.25, 0.3) is 0 Å². The summed E-state index contributed by atoms with van der Waals surface area (Å²) in [4.78, 5) is 41.5. The van der Waals surface area contributed by atoms with Gasteiger partial charge >= 0.3 is 23.6 Å². The number of imidazole rings is 1. The largest absolute Gasteiger partial charge is 0.442 e. The van der Waals surface area contributed by atoms with Crippen molar-refractivity contribution in [2.75, 3.05) is 49.2 Å². The molecule has 13 heteroatoms. The number of nitro groups is 1. The van der Waals surface area contributed by atoms with Crippen LogP contribution in [-0.4, -0.2) is 72.0 Å². The van der Waals surface area contributed by atoms with Crippen molar-refractivity contribution >= 4 is 29.2 Å². The Labute approximate surface area is 181 Å². The molecule has 2 aliphatic rings. The highest BCUT2D eigenvalue weighted by Gasteiger charge is 2.34. The number of aromatic nitrogens is 2. The van der Waals surface area contributed by atoms with E-state index in [0.717, 1.165) is 6.20 Å². The molecule has 32 heavy (non-hydrogen) atoms. The van der Waals surface area contributed by atoms with Gasteiger partial charge in [0.05, 0.1) is 37.7 Å². The zero-order valence-electron chi connectivity index (χ0n) is 17.2. The molecule has 0 unspecified atom stereocenters. The van der Waals surface area contributed by atoms with Crippen molar-refractivity contribution in [3.8, 4) is 0 Å². The van der Waals surface area contributed by atoms with E-state index in [9.17, 15) is 24.1 Å². The topological polar surface area (TPSA) is 132 Å². The smallest absolute Gasteiger partial charge is 0.414 e. The molecule has 2 saturated heterocycles. The van der Waals surface area contributed by atoms with Crippen molar-refractivity contribution in [2.24, 2.45) is 7.05 Å². The summed E-state index contributed by atoms with van der Waals surface area (Å²) in [6.45, 7) is 2.30. The molecular weight excluding hydrogens is 427 g/mol. The van der Waals surface area contributed by atoms with Crippen LogP contribution in [0.4, 0.5) is 26.4 Å². The Morgan fingerprint density at radius 2 is 2.12 bits per heavy atom. The molecule has 1 N–H and O–H groups in total. The number of nitrogens with zero attached hydrogens (tertiary/aromatic N) is 5. The molecule has 1 atom stereocenters. The van der Waals surface area contributed by atoms with Crippen LogP contribution < -0.4 is 15.1 Å². The fourth-order valence-electron chi connectivity index (χ4n) is 3.60. The van der Waals surface area contributed by atoms with Gasteiger partial charge in [0.2, 0.25) is 0 Å². The lowest BCUT2D eigenvalue weighted by Gasteiger charge is -2.29. The molecule has 170 valence electrons. The molecule has 3 heterocycles. The summed E-state index contributed by atoms with van der Waals surface area (Å²) in [6.07, 6.45) is -0.208. The summed E-state index contributed by atoms with van der Waals surface area (Å²) >= 11 is 0. The van der Waals surface area contributed by atoms with Gasteiger partial charge in [0.15, 0.2) is 0 Å². The van der Waals surface area contributed by atoms with Gasteiger partial charge in [-0.15, -0.1) is 0 Å². The number of nitrogens with one attached hydrogen (secondary N) is 1. The van der Waals surface area contributed by atoms with Crippen molar-refractivity contribution < 1.29 is 28.4 Å². The summed E-state index contributed by atoms with van der Waals surface area (Å²) in [5.74, 6) is -1.68. The summed E-state index contributed by atoms with van der Waals surface area (Å²) in [5.41, 5.74) is 0.788. The van der Waals surface area contributed by atoms with Gasteiger partial charge in [-0.2, -0.15) is 0 Å². The van der Waals surface area contributed by atoms with E-state index in [0.29, 0.717) is 37.7 Å². The third kappa shape index (κ3) is 4.32. The average Bonchev–Trinajstić information content (AvgIpc) is 3.35. The Balaban J connectivity index is 1.37. The van der Waals surface area contributed by atoms with E-state index in [1.54, 1.807) is 12.1 Å². The van der Waals surface area contributed by atoms with E-state index in [1.165, 1.54) is 22.6 Å². The van der Waals surface area contributed by atoms with Crippen LogP contribution in [0.5, 0.6) is 0 Å². The quantitative estimate of drug-likeness (QED) is 0.513. The van der Waals surface area contributed by atoms with E-state index in [2.05, 4.69) is 10.3 Å². The highest BCUT2D eigenvalue weighted by Crippen LogP contribution is 2.28. The molecule has 2 fully saturated rings. The first-order valence-corrected chi connectivity index (χ1v) is 9.90.